The third kappa shape index (κ3) is 3.64. The van der Waals surface area contributed by atoms with Gasteiger partial charge in [-0.15, -0.1) is 0 Å². The van der Waals surface area contributed by atoms with Gasteiger partial charge in [-0.05, 0) is 31.8 Å². The molecule has 2 heterocycles. The van der Waals surface area contributed by atoms with Gasteiger partial charge in [0.15, 0.2) is 11.5 Å². The largest absolute Gasteiger partial charge is 0.476 e. The highest BCUT2D eigenvalue weighted by atomic mass is 16.4. The number of likely N-dealkylation sites (tertiary alicyclic amines) is 1. The first kappa shape index (κ1) is 13.7. The molecule has 1 atom stereocenters. The van der Waals surface area contributed by atoms with E-state index in [1.54, 1.807) is 0 Å². The molecule has 2 N–H and O–H groups in total. The highest BCUT2D eigenvalue weighted by Crippen LogP contribution is 2.17. The Kier molecular flexibility index (Phi) is 4.68. The summed E-state index contributed by atoms with van der Waals surface area (Å²) in [5.74, 6) is -0.131. The smallest absolute Gasteiger partial charge is 0.358 e. The Balaban J connectivity index is 1.88. The van der Waals surface area contributed by atoms with Crippen molar-refractivity contribution in [2.24, 2.45) is 5.92 Å². The second kappa shape index (κ2) is 6.47. The van der Waals surface area contributed by atoms with Crippen LogP contribution in [0.3, 0.4) is 0 Å². The van der Waals surface area contributed by atoms with Crippen molar-refractivity contribution in [2.75, 3.05) is 31.5 Å². The van der Waals surface area contributed by atoms with E-state index in [2.05, 4.69) is 27.1 Å². The maximum Gasteiger partial charge on any atom is 0.358 e. The minimum atomic E-state index is -1.05. The molecule has 6 nitrogen and oxygen atoms in total. The molecule has 0 aliphatic carbocycles. The van der Waals surface area contributed by atoms with Crippen molar-refractivity contribution < 1.29 is 9.90 Å². The van der Waals surface area contributed by atoms with E-state index in [0.29, 0.717) is 11.7 Å². The molecular weight excluding hydrogens is 244 g/mol. The number of aromatic nitrogens is 2. The summed E-state index contributed by atoms with van der Waals surface area (Å²) in [6.07, 6.45) is 5.23. The molecular formula is C13H20N4O2. The average molecular weight is 264 g/mol. The number of carboxylic acid groups (broad SMARTS) is 1. The SMILES string of the molecule is CCCN1CCC(CNc2nccnc2C(=O)O)C1. The summed E-state index contributed by atoms with van der Waals surface area (Å²) in [5, 5.41) is 12.1. The number of aromatic carboxylic acids is 1. The van der Waals surface area contributed by atoms with Gasteiger partial charge in [-0.1, -0.05) is 6.92 Å². The van der Waals surface area contributed by atoms with Crippen LogP contribution < -0.4 is 5.32 Å². The average Bonchev–Trinajstić information content (AvgIpc) is 2.85. The van der Waals surface area contributed by atoms with Gasteiger partial charge < -0.3 is 15.3 Å². The van der Waals surface area contributed by atoms with Gasteiger partial charge in [-0.3, -0.25) is 0 Å². The number of rotatable bonds is 6. The Hall–Kier alpha value is -1.69. The van der Waals surface area contributed by atoms with E-state index in [9.17, 15) is 4.79 Å². The molecule has 1 fully saturated rings. The Morgan fingerprint density at radius 3 is 3.05 bits per heavy atom. The predicted molar refractivity (Wildman–Crippen MR) is 72.3 cm³/mol. The molecule has 0 spiro atoms. The van der Waals surface area contributed by atoms with E-state index in [1.807, 2.05) is 0 Å². The van der Waals surface area contributed by atoms with Crippen molar-refractivity contribution in [3.8, 4) is 0 Å². The van der Waals surface area contributed by atoms with Crippen LogP contribution in [0.2, 0.25) is 0 Å². The first-order valence-electron chi connectivity index (χ1n) is 6.71. The fraction of sp³-hybridized carbons (Fsp3) is 0.615. The molecule has 1 saturated heterocycles. The zero-order valence-electron chi connectivity index (χ0n) is 11.2. The molecule has 6 heteroatoms. The van der Waals surface area contributed by atoms with Gasteiger partial charge in [0.1, 0.15) is 0 Å². The van der Waals surface area contributed by atoms with Crippen molar-refractivity contribution in [2.45, 2.75) is 19.8 Å². The number of hydrogen-bond donors (Lipinski definition) is 2. The molecule has 2 rings (SSSR count). The number of nitrogens with zero attached hydrogens (tertiary/aromatic N) is 3. The molecule has 0 bridgehead atoms. The minimum absolute atomic E-state index is 0.00842. The van der Waals surface area contributed by atoms with Gasteiger partial charge in [0, 0.05) is 25.5 Å². The Bertz CT molecular complexity index is 438. The fourth-order valence-electron chi connectivity index (χ4n) is 2.46. The van der Waals surface area contributed by atoms with E-state index < -0.39 is 5.97 Å². The maximum atomic E-state index is 11.0. The van der Waals surface area contributed by atoms with Crippen LogP contribution in [0.5, 0.6) is 0 Å². The maximum absolute atomic E-state index is 11.0. The quantitative estimate of drug-likeness (QED) is 0.806. The van der Waals surface area contributed by atoms with Crippen LogP contribution in [0.1, 0.15) is 30.3 Å². The second-order valence-corrected chi connectivity index (χ2v) is 4.89. The van der Waals surface area contributed by atoms with E-state index in [0.717, 1.165) is 32.6 Å². The highest BCUT2D eigenvalue weighted by Gasteiger charge is 2.22. The van der Waals surface area contributed by atoms with Crippen LogP contribution in [0.4, 0.5) is 5.82 Å². The Morgan fingerprint density at radius 2 is 2.32 bits per heavy atom. The van der Waals surface area contributed by atoms with E-state index in [1.165, 1.54) is 18.8 Å². The topological polar surface area (TPSA) is 78.3 Å². The first-order valence-corrected chi connectivity index (χ1v) is 6.71. The number of carboxylic acids is 1. The lowest BCUT2D eigenvalue weighted by molar-refractivity contribution is 0.0691. The standard InChI is InChI=1S/C13H20N4O2/c1-2-6-17-7-3-10(9-17)8-16-12-11(13(18)19)14-4-5-15-12/h4-5,10H,2-3,6-9H2,1H3,(H,15,16)(H,18,19). The second-order valence-electron chi connectivity index (χ2n) is 4.89. The van der Waals surface area contributed by atoms with E-state index >= 15 is 0 Å². The van der Waals surface area contributed by atoms with Crippen molar-refractivity contribution in [3.05, 3.63) is 18.1 Å². The summed E-state index contributed by atoms with van der Waals surface area (Å²) in [7, 11) is 0. The molecule has 0 saturated carbocycles. The van der Waals surface area contributed by atoms with Crippen LogP contribution in [0, 0.1) is 5.92 Å². The lowest BCUT2D eigenvalue weighted by atomic mass is 10.1. The van der Waals surface area contributed by atoms with Crippen LogP contribution in [-0.4, -0.2) is 52.1 Å². The predicted octanol–water partition coefficient (Wildman–Crippen LogP) is 1.32. The summed E-state index contributed by atoms with van der Waals surface area (Å²) < 4.78 is 0. The summed E-state index contributed by atoms with van der Waals surface area (Å²) in [6.45, 7) is 6.28. The van der Waals surface area contributed by atoms with Gasteiger partial charge in [0.2, 0.25) is 0 Å². The van der Waals surface area contributed by atoms with E-state index in [-0.39, 0.29) is 5.69 Å². The number of hydrogen-bond acceptors (Lipinski definition) is 5. The first-order chi connectivity index (χ1) is 9.20. The monoisotopic (exact) mass is 264 g/mol. The summed E-state index contributed by atoms with van der Waals surface area (Å²) in [4.78, 5) is 21.3. The van der Waals surface area contributed by atoms with Gasteiger partial charge in [0.25, 0.3) is 0 Å². The van der Waals surface area contributed by atoms with Crippen LogP contribution in [-0.2, 0) is 0 Å². The molecule has 19 heavy (non-hydrogen) atoms. The zero-order chi connectivity index (χ0) is 13.7. The summed E-state index contributed by atoms with van der Waals surface area (Å²) in [6, 6.07) is 0. The normalized spacial score (nSPS) is 19.5. The van der Waals surface area contributed by atoms with Gasteiger partial charge in [-0.25, -0.2) is 14.8 Å². The number of nitrogens with one attached hydrogen (secondary N) is 1. The molecule has 1 aromatic heterocycles. The molecule has 0 aromatic carbocycles. The summed E-state index contributed by atoms with van der Waals surface area (Å²) >= 11 is 0. The van der Waals surface area contributed by atoms with Gasteiger partial charge in [-0.2, -0.15) is 0 Å². The Morgan fingerprint density at radius 1 is 1.53 bits per heavy atom. The fourth-order valence-corrected chi connectivity index (χ4v) is 2.46. The molecule has 1 aromatic rings. The lowest BCUT2D eigenvalue weighted by Crippen LogP contribution is -2.24. The van der Waals surface area contributed by atoms with Crippen molar-refractivity contribution in [1.82, 2.24) is 14.9 Å². The molecule has 0 amide bonds. The zero-order valence-corrected chi connectivity index (χ0v) is 11.2. The molecule has 0 radical (unpaired) electrons. The Labute approximate surface area is 112 Å². The number of anilines is 1. The molecule has 1 aliphatic rings. The van der Waals surface area contributed by atoms with Gasteiger partial charge >= 0.3 is 5.97 Å². The van der Waals surface area contributed by atoms with E-state index in [4.69, 9.17) is 5.11 Å². The summed E-state index contributed by atoms with van der Waals surface area (Å²) in [5.41, 5.74) is -0.00842. The minimum Gasteiger partial charge on any atom is -0.476 e. The lowest BCUT2D eigenvalue weighted by Gasteiger charge is -2.15. The molecule has 1 aliphatic heterocycles. The van der Waals surface area contributed by atoms with Crippen LogP contribution in [0.25, 0.3) is 0 Å². The third-order valence-electron chi connectivity index (χ3n) is 3.37. The van der Waals surface area contributed by atoms with Crippen molar-refractivity contribution >= 4 is 11.8 Å². The highest BCUT2D eigenvalue weighted by molar-refractivity contribution is 5.90. The molecule has 104 valence electrons. The van der Waals surface area contributed by atoms with Crippen LogP contribution in [0.15, 0.2) is 12.4 Å². The number of carbonyl (C=O) groups is 1. The van der Waals surface area contributed by atoms with Crippen LogP contribution >= 0.6 is 0 Å². The third-order valence-corrected chi connectivity index (χ3v) is 3.37. The van der Waals surface area contributed by atoms with Crippen molar-refractivity contribution in [3.63, 3.8) is 0 Å². The molecule has 1 unspecified atom stereocenters. The van der Waals surface area contributed by atoms with Crippen molar-refractivity contribution in [1.29, 1.82) is 0 Å². The van der Waals surface area contributed by atoms with Gasteiger partial charge in [0.05, 0.1) is 0 Å².